The zero-order valence-corrected chi connectivity index (χ0v) is 27.7. The van der Waals surface area contributed by atoms with Crippen LogP contribution < -0.4 is 0 Å². The van der Waals surface area contributed by atoms with Crippen LogP contribution in [-0.2, 0) is 0 Å². The van der Waals surface area contributed by atoms with Crippen molar-refractivity contribution in [2.75, 3.05) is 0 Å². The number of hydrogen-bond donors (Lipinski definition) is 0. The third-order valence-corrected chi connectivity index (χ3v) is 10.8. The van der Waals surface area contributed by atoms with E-state index in [4.69, 9.17) is 4.42 Å². The van der Waals surface area contributed by atoms with Gasteiger partial charge in [0.1, 0.15) is 11.2 Å². The van der Waals surface area contributed by atoms with Gasteiger partial charge in [-0.15, -0.1) is 0 Å². The summed E-state index contributed by atoms with van der Waals surface area (Å²) in [7, 11) is 0. The lowest BCUT2D eigenvalue weighted by atomic mass is 9.85. The Balaban J connectivity index is 1.18. The van der Waals surface area contributed by atoms with Crippen molar-refractivity contribution in [1.29, 1.82) is 0 Å². The van der Waals surface area contributed by atoms with Crippen LogP contribution in [0.15, 0.2) is 186 Å². The molecule has 0 radical (unpaired) electrons. The van der Waals surface area contributed by atoms with Gasteiger partial charge in [0.15, 0.2) is 0 Å². The van der Waals surface area contributed by atoms with E-state index in [1.165, 1.54) is 87.2 Å². The minimum absolute atomic E-state index is 0.903. The molecule has 1 heteroatoms. The van der Waals surface area contributed by atoms with Crippen LogP contribution in [0.2, 0.25) is 0 Å². The molecule has 0 atom stereocenters. The Hall–Kier alpha value is -6.70. The molecule has 0 bridgehead atoms. The van der Waals surface area contributed by atoms with Crippen LogP contribution in [-0.4, -0.2) is 0 Å². The third kappa shape index (κ3) is 4.22. The van der Waals surface area contributed by atoms with Crippen LogP contribution in [0.25, 0.3) is 109 Å². The van der Waals surface area contributed by atoms with E-state index in [9.17, 15) is 0 Å². The molecule has 0 aliphatic heterocycles. The van der Waals surface area contributed by atoms with Gasteiger partial charge >= 0.3 is 0 Å². The van der Waals surface area contributed by atoms with Crippen molar-refractivity contribution >= 4 is 75.8 Å². The fourth-order valence-electron chi connectivity index (χ4n) is 8.56. The molecule has 11 aromatic rings. The second-order valence-corrected chi connectivity index (χ2v) is 13.6. The molecular formula is C50H30O. The number of hydrogen-bond acceptors (Lipinski definition) is 1. The summed E-state index contributed by atoms with van der Waals surface area (Å²) >= 11 is 0. The van der Waals surface area contributed by atoms with E-state index in [1.54, 1.807) is 0 Å². The third-order valence-electron chi connectivity index (χ3n) is 10.8. The summed E-state index contributed by atoms with van der Waals surface area (Å²) in [6.07, 6.45) is 0. The van der Waals surface area contributed by atoms with Gasteiger partial charge in [0.05, 0.1) is 0 Å². The molecule has 11 rings (SSSR count). The molecule has 0 saturated heterocycles. The summed E-state index contributed by atoms with van der Waals surface area (Å²) in [6, 6.07) is 66.2. The van der Waals surface area contributed by atoms with Gasteiger partial charge in [-0.25, -0.2) is 0 Å². The Morgan fingerprint density at radius 3 is 1.24 bits per heavy atom. The van der Waals surface area contributed by atoms with Crippen molar-refractivity contribution in [2.45, 2.75) is 0 Å². The van der Waals surface area contributed by atoms with Crippen LogP contribution in [0.4, 0.5) is 0 Å². The number of rotatable bonds is 3. The average Bonchev–Trinajstić information content (AvgIpc) is 3.56. The number of furan rings is 1. The Morgan fingerprint density at radius 1 is 0.216 bits per heavy atom. The van der Waals surface area contributed by atoms with E-state index in [0.717, 1.165) is 21.9 Å². The number of fused-ring (bicyclic) bond motifs is 11. The normalized spacial score (nSPS) is 11.9. The fraction of sp³-hybridized carbons (Fsp3) is 0. The van der Waals surface area contributed by atoms with Gasteiger partial charge in [0.2, 0.25) is 0 Å². The molecule has 10 aromatic carbocycles. The molecule has 0 N–H and O–H groups in total. The predicted molar refractivity (Wildman–Crippen MR) is 218 cm³/mol. The van der Waals surface area contributed by atoms with Crippen LogP contribution in [0, 0.1) is 0 Å². The first-order valence-electron chi connectivity index (χ1n) is 17.6. The Bertz CT molecular complexity index is 3130. The average molecular weight is 647 g/mol. The van der Waals surface area contributed by atoms with Gasteiger partial charge in [0, 0.05) is 10.8 Å². The van der Waals surface area contributed by atoms with Crippen LogP contribution in [0.3, 0.4) is 0 Å². The summed E-state index contributed by atoms with van der Waals surface area (Å²) in [5.41, 5.74) is 9.18. The molecule has 236 valence electrons. The lowest BCUT2D eigenvalue weighted by Gasteiger charge is -2.18. The summed E-state index contributed by atoms with van der Waals surface area (Å²) in [5, 5.41) is 14.8. The molecule has 0 amide bonds. The Kier molecular flexibility index (Phi) is 6.02. The quantitative estimate of drug-likeness (QED) is 0.138. The van der Waals surface area contributed by atoms with E-state index >= 15 is 0 Å². The van der Waals surface area contributed by atoms with Crippen molar-refractivity contribution in [1.82, 2.24) is 0 Å². The minimum Gasteiger partial charge on any atom is -0.456 e. The largest absolute Gasteiger partial charge is 0.456 e. The van der Waals surface area contributed by atoms with Gasteiger partial charge in [-0.1, -0.05) is 152 Å². The van der Waals surface area contributed by atoms with Gasteiger partial charge in [-0.2, -0.15) is 0 Å². The van der Waals surface area contributed by atoms with E-state index in [-0.39, 0.29) is 0 Å². The molecule has 0 fully saturated rings. The fourth-order valence-corrected chi connectivity index (χ4v) is 8.56. The highest BCUT2D eigenvalue weighted by Crippen LogP contribution is 2.46. The maximum Gasteiger partial charge on any atom is 0.136 e. The molecule has 0 unspecified atom stereocenters. The first-order valence-corrected chi connectivity index (χ1v) is 17.6. The van der Waals surface area contributed by atoms with Crippen molar-refractivity contribution in [2.24, 2.45) is 0 Å². The van der Waals surface area contributed by atoms with E-state index in [2.05, 4.69) is 182 Å². The zero-order chi connectivity index (χ0) is 33.5. The SMILES string of the molecule is c1ccc(-c2cccc(-c3c4ccccc4c(-c4ccc5oc6cc7c8ccccc8c8ccccc8c7cc6c5c4)c4ccccc34)c2)cc1. The van der Waals surface area contributed by atoms with Crippen molar-refractivity contribution < 1.29 is 4.42 Å². The molecule has 0 saturated carbocycles. The zero-order valence-electron chi connectivity index (χ0n) is 27.7. The van der Waals surface area contributed by atoms with Gasteiger partial charge in [-0.3, -0.25) is 0 Å². The van der Waals surface area contributed by atoms with E-state index < -0.39 is 0 Å². The van der Waals surface area contributed by atoms with Crippen LogP contribution in [0.1, 0.15) is 0 Å². The van der Waals surface area contributed by atoms with Gasteiger partial charge in [0.25, 0.3) is 0 Å². The summed E-state index contributed by atoms with van der Waals surface area (Å²) in [4.78, 5) is 0. The molecule has 51 heavy (non-hydrogen) atoms. The molecule has 0 spiro atoms. The summed E-state index contributed by atoms with van der Waals surface area (Å²) in [6.45, 7) is 0. The number of benzene rings is 10. The standard InChI is InChI=1S/C50H30O/c1-2-13-31(14-3-1)32-15-12-16-33(27-32)49-39-21-8-10-23-41(39)50(42-24-11-9-22-40(42)49)34-25-26-47-45(28-34)46-29-43-37-19-6-4-17-35(37)36-18-5-7-20-38(36)44(43)30-48(46)51-47/h1-30H. The molecule has 1 aromatic heterocycles. The van der Waals surface area contributed by atoms with E-state index in [0.29, 0.717) is 0 Å². The highest BCUT2D eigenvalue weighted by Gasteiger charge is 2.19. The second-order valence-electron chi connectivity index (χ2n) is 13.6. The summed E-state index contributed by atoms with van der Waals surface area (Å²) < 4.78 is 6.61. The Labute approximate surface area is 294 Å². The monoisotopic (exact) mass is 646 g/mol. The maximum absolute atomic E-state index is 6.61. The highest BCUT2D eigenvalue weighted by atomic mass is 16.3. The predicted octanol–water partition coefficient (Wildman–Crippen LogP) is 14.4. The first kappa shape index (κ1) is 28.2. The Morgan fingerprint density at radius 2 is 0.647 bits per heavy atom. The van der Waals surface area contributed by atoms with Crippen LogP contribution in [0.5, 0.6) is 0 Å². The minimum atomic E-state index is 0.903. The first-order chi connectivity index (χ1) is 25.3. The molecule has 0 aliphatic rings. The van der Waals surface area contributed by atoms with Crippen molar-refractivity contribution in [3.05, 3.63) is 182 Å². The van der Waals surface area contributed by atoms with Gasteiger partial charge < -0.3 is 4.42 Å². The van der Waals surface area contributed by atoms with Gasteiger partial charge in [-0.05, 0) is 118 Å². The smallest absolute Gasteiger partial charge is 0.136 e. The van der Waals surface area contributed by atoms with Crippen molar-refractivity contribution in [3.8, 4) is 33.4 Å². The molecule has 1 nitrogen and oxygen atoms in total. The van der Waals surface area contributed by atoms with Crippen LogP contribution >= 0.6 is 0 Å². The summed E-state index contributed by atoms with van der Waals surface area (Å²) in [5.74, 6) is 0. The lowest BCUT2D eigenvalue weighted by Crippen LogP contribution is -1.91. The second kappa shape index (κ2) is 10.9. The van der Waals surface area contributed by atoms with E-state index in [1.807, 2.05) is 0 Å². The molecule has 0 aliphatic carbocycles. The lowest BCUT2D eigenvalue weighted by molar-refractivity contribution is 0.669. The molecule has 1 heterocycles. The van der Waals surface area contributed by atoms with Crippen molar-refractivity contribution in [3.63, 3.8) is 0 Å². The maximum atomic E-state index is 6.61. The highest BCUT2D eigenvalue weighted by molar-refractivity contribution is 6.28. The topological polar surface area (TPSA) is 13.1 Å². The molecular weight excluding hydrogens is 617 g/mol.